The maximum absolute atomic E-state index is 7.33. The number of nitrogens with two attached hydrogens (primary N) is 1. The van der Waals surface area contributed by atoms with Gasteiger partial charge in [0.15, 0.2) is 0 Å². The minimum absolute atomic E-state index is 0.442. The highest BCUT2D eigenvalue weighted by Crippen LogP contribution is 2.33. The molecule has 0 aliphatic heterocycles. The molecule has 4 aromatic rings. The molecule has 4 rings (SSSR count). The van der Waals surface area contributed by atoms with Gasteiger partial charge in [-0.25, -0.2) is 0 Å². The number of fused-ring (bicyclic) bond motifs is 1. The summed E-state index contributed by atoms with van der Waals surface area (Å²) in [6.07, 6.45) is 6.65. The Labute approximate surface area is 155 Å². The molecule has 0 amide bonds. The van der Waals surface area contributed by atoms with Gasteiger partial charge < -0.3 is 26.8 Å². The average molecular weight is 358 g/mol. The van der Waals surface area contributed by atoms with E-state index in [4.69, 9.17) is 11.1 Å². The molecule has 0 atom stereocenters. The second-order valence-electron chi connectivity index (χ2n) is 5.92. The van der Waals surface area contributed by atoms with Gasteiger partial charge >= 0.3 is 0 Å². The van der Waals surface area contributed by atoms with E-state index in [1.165, 1.54) is 6.21 Å². The molecule has 0 bridgehead atoms. The Kier molecular flexibility index (Phi) is 4.13. The first-order valence-corrected chi connectivity index (χ1v) is 8.34. The van der Waals surface area contributed by atoms with Gasteiger partial charge in [-0.3, -0.25) is 4.98 Å². The van der Waals surface area contributed by atoms with E-state index in [2.05, 4.69) is 30.6 Å². The van der Waals surface area contributed by atoms with Crippen LogP contribution in [0.3, 0.4) is 0 Å². The maximum Gasteiger partial charge on any atom is 0.231 e. The second-order valence-corrected chi connectivity index (χ2v) is 5.92. The molecule has 0 saturated carbocycles. The van der Waals surface area contributed by atoms with Crippen molar-refractivity contribution in [2.75, 3.05) is 23.4 Å². The van der Waals surface area contributed by atoms with Crippen molar-refractivity contribution < 1.29 is 0 Å². The number of benzene rings is 1. The number of aromatic nitrogens is 4. The Bertz CT molecular complexity index is 1120. The molecule has 134 valence electrons. The Balaban J connectivity index is 1.76. The summed E-state index contributed by atoms with van der Waals surface area (Å²) in [5.74, 6) is 1.15. The first-order chi connectivity index (χ1) is 13.2. The molecular formula is C19H18N8. The van der Waals surface area contributed by atoms with Crippen LogP contribution in [0.1, 0.15) is 5.56 Å². The van der Waals surface area contributed by atoms with Gasteiger partial charge in [0.1, 0.15) is 11.5 Å². The molecular weight excluding hydrogens is 340 g/mol. The molecule has 0 aliphatic carbocycles. The Morgan fingerprint density at radius 2 is 1.96 bits per heavy atom. The lowest BCUT2D eigenvalue weighted by molar-refractivity contribution is 1.19. The number of hydrogen-bond donors (Lipinski definition) is 5. The van der Waals surface area contributed by atoms with Crippen LogP contribution in [0.4, 0.5) is 23.1 Å². The molecule has 3 aromatic heterocycles. The fourth-order valence-corrected chi connectivity index (χ4v) is 2.94. The van der Waals surface area contributed by atoms with Crippen LogP contribution in [0.2, 0.25) is 0 Å². The number of H-pyrrole nitrogens is 1. The lowest BCUT2D eigenvalue weighted by Gasteiger charge is -2.10. The van der Waals surface area contributed by atoms with Crippen molar-refractivity contribution in [3.05, 3.63) is 54.5 Å². The summed E-state index contributed by atoms with van der Waals surface area (Å²) in [5.41, 5.74) is 10.6. The minimum Gasteiger partial charge on any atom is -0.398 e. The van der Waals surface area contributed by atoms with E-state index in [-0.39, 0.29) is 0 Å². The quantitative estimate of drug-likeness (QED) is 0.275. The van der Waals surface area contributed by atoms with E-state index in [0.29, 0.717) is 28.7 Å². The van der Waals surface area contributed by atoms with Crippen molar-refractivity contribution >= 4 is 40.4 Å². The standard InChI is InChI=1S/C19H18N8/c1-22-17-16-14(11-4-6-23-7-5-11)10-24-18(16)27-19(26-17)25-13-3-2-12(9-20)15(21)8-13/h2-10,20H,21H2,1H3,(H3,22,24,25,26,27). The van der Waals surface area contributed by atoms with E-state index in [1.54, 1.807) is 24.5 Å². The summed E-state index contributed by atoms with van der Waals surface area (Å²) in [6.45, 7) is 0. The molecule has 8 nitrogen and oxygen atoms in total. The van der Waals surface area contributed by atoms with Crippen molar-refractivity contribution in [3.63, 3.8) is 0 Å². The van der Waals surface area contributed by atoms with E-state index >= 15 is 0 Å². The van der Waals surface area contributed by atoms with Crippen LogP contribution in [-0.2, 0) is 0 Å². The van der Waals surface area contributed by atoms with Crippen LogP contribution >= 0.6 is 0 Å². The molecule has 6 N–H and O–H groups in total. The van der Waals surface area contributed by atoms with Crippen LogP contribution in [-0.4, -0.2) is 33.2 Å². The van der Waals surface area contributed by atoms with Crippen molar-refractivity contribution in [1.29, 1.82) is 5.41 Å². The van der Waals surface area contributed by atoms with E-state index < -0.39 is 0 Å². The number of hydrogen-bond acceptors (Lipinski definition) is 7. The number of anilines is 4. The highest BCUT2D eigenvalue weighted by atomic mass is 15.2. The van der Waals surface area contributed by atoms with Crippen LogP contribution in [0.15, 0.2) is 48.9 Å². The summed E-state index contributed by atoms with van der Waals surface area (Å²) < 4.78 is 0. The third kappa shape index (κ3) is 3.04. The van der Waals surface area contributed by atoms with Gasteiger partial charge in [-0.2, -0.15) is 9.97 Å². The van der Waals surface area contributed by atoms with Crippen molar-refractivity contribution in [3.8, 4) is 11.1 Å². The monoisotopic (exact) mass is 358 g/mol. The predicted molar refractivity (Wildman–Crippen MR) is 109 cm³/mol. The molecule has 1 aromatic carbocycles. The summed E-state index contributed by atoms with van der Waals surface area (Å²) in [7, 11) is 1.83. The van der Waals surface area contributed by atoms with Crippen LogP contribution < -0.4 is 16.4 Å². The lowest BCUT2D eigenvalue weighted by atomic mass is 10.1. The van der Waals surface area contributed by atoms with Gasteiger partial charge in [-0.15, -0.1) is 0 Å². The Morgan fingerprint density at radius 1 is 1.15 bits per heavy atom. The Morgan fingerprint density at radius 3 is 2.67 bits per heavy atom. The van der Waals surface area contributed by atoms with Gasteiger partial charge in [0.25, 0.3) is 0 Å². The van der Waals surface area contributed by atoms with Crippen LogP contribution in [0, 0.1) is 5.41 Å². The third-order valence-electron chi connectivity index (χ3n) is 4.26. The smallest absolute Gasteiger partial charge is 0.231 e. The molecule has 0 spiro atoms. The molecule has 0 unspecified atom stereocenters. The number of pyridine rings is 1. The van der Waals surface area contributed by atoms with Gasteiger partial charge in [0.05, 0.1) is 5.39 Å². The predicted octanol–water partition coefficient (Wildman–Crippen LogP) is 3.39. The van der Waals surface area contributed by atoms with Crippen LogP contribution in [0.5, 0.6) is 0 Å². The van der Waals surface area contributed by atoms with Gasteiger partial charge in [0.2, 0.25) is 5.95 Å². The van der Waals surface area contributed by atoms with Crippen molar-refractivity contribution in [2.45, 2.75) is 0 Å². The lowest BCUT2D eigenvalue weighted by Crippen LogP contribution is -2.03. The third-order valence-corrected chi connectivity index (χ3v) is 4.26. The topological polar surface area (TPSA) is 128 Å². The zero-order valence-corrected chi connectivity index (χ0v) is 14.6. The van der Waals surface area contributed by atoms with E-state index in [1.807, 2.05) is 31.4 Å². The number of nitrogens with zero attached hydrogens (tertiary/aromatic N) is 3. The van der Waals surface area contributed by atoms with Gasteiger partial charge in [0, 0.05) is 54.4 Å². The summed E-state index contributed by atoms with van der Waals surface area (Å²) in [6, 6.07) is 9.26. The highest BCUT2D eigenvalue weighted by molar-refractivity contribution is 6.01. The first-order valence-electron chi connectivity index (χ1n) is 8.34. The van der Waals surface area contributed by atoms with Gasteiger partial charge in [-0.1, -0.05) is 0 Å². The molecule has 0 fully saturated rings. The van der Waals surface area contributed by atoms with Crippen molar-refractivity contribution in [1.82, 2.24) is 19.9 Å². The largest absolute Gasteiger partial charge is 0.398 e. The number of nitrogens with one attached hydrogen (secondary N) is 4. The Hall–Kier alpha value is -3.94. The molecule has 3 heterocycles. The average Bonchev–Trinajstić information content (AvgIpc) is 3.12. The first kappa shape index (κ1) is 16.5. The zero-order valence-electron chi connectivity index (χ0n) is 14.6. The molecule has 27 heavy (non-hydrogen) atoms. The molecule has 0 saturated heterocycles. The van der Waals surface area contributed by atoms with E-state index in [9.17, 15) is 0 Å². The number of nitrogen functional groups attached to an aromatic ring is 1. The fourth-order valence-electron chi connectivity index (χ4n) is 2.94. The van der Waals surface area contributed by atoms with E-state index in [0.717, 1.165) is 22.2 Å². The highest BCUT2D eigenvalue weighted by Gasteiger charge is 2.14. The molecule has 0 aliphatic rings. The molecule has 8 heteroatoms. The van der Waals surface area contributed by atoms with Gasteiger partial charge in [-0.05, 0) is 35.9 Å². The minimum atomic E-state index is 0.442. The fraction of sp³-hybridized carbons (Fsp3) is 0.0526. The summed E-state index contributed by atoms with van der Waals surface area (Å²) >= 11 is 0. The second kappa shape index (κ2) is 6.75. The summed E-state index contributed by atoms with van der Waals surface area (Å²) in [5, 5.41) is 14.5. The zero-order chi connectivity index (χ0) is 18.8. The number of rotatable bonds is 5. The summed E-state index contributed by atoms with van der Waals surface area (Å²) in [4.78, 5) is 16.4. The SMILES string of the molecule is CNc1nc(Nc2ccc(C=N)c(N)c2)nc2[nH]cc(-c3ccncc3)c12. The maximum atomic E-state index is 7.33. The normalized spacial score (nSPS) is 10.7. The number of aromatic amines is 1. The van der Waals surface area contributed by atoms with Crippen molar-refractivity contribution in [2.24, 2.45) is 0 Å². The molecule has 0 radical (unpaired) electrons. The van der Waals surface area contributed by atoms with Crippen LogP contribution in [0.25, 0.3) is 22.2 Å².